The van der Waals surface area contributed by atoms with Crippen molar-refractivity contribution >= 4 is 23.5 Å². The summed E-state index contributed by atoms with van der Waals surface area (Å²) in [6.07, 6.45) is 2.71. The third-order valence-electron chi connectivity index (χ3n) is 3.59. The monoisotopic (exact) mass is 298 g/mol. The van der Waals surface area contributed by atoms with Gasteiger partial charge in [0.15, 0.2) is 6.10 Å². The number of esters is 1. The predicted octanol–water partition coefficient (Wildman–Crippen LogP) is 2.47. The van der Waals surface area contributed by atoms with Gasteiger partial charge in [-0.15, -0.1) is 0 Å². The summed E-state index contributed by atoms with van der Waals surface area (Å²) in [6, 6.07) is 1.48. The third kappa shape index (κ3) is 3.54. The standard InChI is InChI=1S/C14H19ClN2O3/c1-9-3-5-17(6-4-9)13(18)10(2)20-14(19)12-7-11(15)8-16-12/h7-10,16H,3-6H2,1-2H3/t10-/m1/s1. The van der Waals surface area contributed by atoms with Crippen LogP contribution in [-0.2, 0) is 9.53 Å². The summed E-state index contributed by atoms with van der Waals surface area (Å²) in [6.45, 7) is 5.25. The number of carbonyl (C=O) groups is 2. The van der Waals surface area contributed by atoms with Crippen LogP contribution in [0, 0.1) is 5.92 Å². The molecule has 1 aromatic rings. The topological polar surface area (TPSA) is 62.4 Å². The van der Waals surface area contributed by atoms with Crippen molar-refractivity contribution in [3.8, 4) is 0 Å². The van der Waals surface area contributed by atoms with Crippen molar-refractivity contribution in [3.63, 3.8) is 0 Å². The van der Waals surface area contributed by atoms with E-state index >= 15 is 0 Å². The van der Waals surface area contributed by atoms with Crippen LogP contribution < -0.4 is 0 Å². The number of hydrogen-bond acceptors (Lipinski definition) is 3. The Hall–Kier alpha value is -1.49. The summed E-state index contributed by atoms with van der Waals surface area (Å²) in [4.78, 5) is 28.5. The Morgan fingerprint density at radius 1 is 1.45 bits per heavy atom. The minimum absolute atomic E-state index is 0.136. The molecule has 0 radical (unpaired) electrons. The Bertz CT molecular complexity index is 492. The molecular weight excluding hydrogens is 280 g/mol. The van der Waals surface area contributed by atoms with Crippen LogP contribution in [0.15, 0.2) is 12.3 Å². The largest absolute Gasteiger partial charge is 0.448 e. The number of H-pyrrole nitrogens is 1. The molecule has 1 aliphatic rings. The van der Waals surface area contributed by atoms with Crippen LogP contribution >= 0.6 is 11.6 Å². The molecule has 1 fully saturated rings. The Labute approximate surface area is 123 Å². The molecule has 0 bridgehead atoms. The number of nitrogens with zero attached hydrogens (tertiary/aromatic N) is 1. The van der Waals surface area contributed by atoms with E-state index in [1.807, 2.05) is 0 Å². The highest BCUT2D eigenvalue weighted by Gasteiger charge is 2.27. The van der Waals surface area contributed by atoms with Gasteiger partial charge in [-0.2, -0.15) is 0 Å². The highest BCUT2D eigenvalue weighted by Crippen LogP contribution is 2.18. The number of ether oxygens (including phenoxy) is 1. The number of aromatic amines is 1. The van der Waals surface area contributed by atoms with E-state index in [2.05, 4.69) is 11.9 Å². The molecule has 0 spiro atoms. The summed E-state index contributed by atoms with van der Waals surface area (Å²) < 4.78 is 5.17. The SMILES string of the molecule is CC1CCN(C(=O)[C@@H](C)OC(=O)c2cc(Cl)c[nH]2)CC1. The summed E-state index contributed by atoms with van der Waals surface area (Å²) in [5.74, 6) is -0.0519. The zero-order chi connectivity index (χ0) is 14.7. The number of hydrogen-bond donors (Lipinski definition) is 1. The first-order chi connectivity index (χ1) is 9.47. The molecule has 0 unspecified atom stereocenters. The molecule has 1 N–H and O–H groups in total. The molecule has 2 rings (SSSR count). The molecule has 0 saturated carbocycles. The third-order valence-corrected chi connectivity index (χ3v) is 3.81. The van der Waals surface area contributed by atoms with Crippen molar-refractivity contribution < 1.29 is 14.3 Å². The van der Waals surface area contributed by atoms with Crippen molar-refractivity contribution in [3.05, 3.63) is 23.0 Å². The molecule has 1 aromatic heterocycles. The van der Waals surface area contributed by atoms with Gasteiger partial charge in [-0.25, -0.2) is 4.79 Å². The maximum Gasteiger partial charge on any atom is 0.355 e. The minimum Gasteiger partial charge on any atom is -0.448 e. The van der Waals surface area contributed by atoms with Crippen LogP contribution in [0.1, 0.15) is 37.2 Å². The summed E-state index contributed by atoms with van der Waals surface area (Å²) in [5, 5.41) is 0.431. The van der Waals surface area contributed by atoms with Crippen molar-refractivity contribution in [2.45, 2.75) is 32.8 Å². The van der Waals surface area contributed by atoms with Crippen LogP contribution in [0.4, 0.5) is 0 Å². The maximum atomic E-state index is 12.2. The lowest BCUT2D eigenvalue weighted by molar-refractivity contribution is -0.141. The van der Waals surface area contributed by atoms with Gasteiger partial charge in [0.2, 0.25) is 0 Å². The number of likely N-dealkylation sites (tertiary alicyclic amines) is 1. The fraction of sp³-hybridized carbons (Fsp3) is 0.571. The summed E-state index contributed by atoms with van der Waals surface area (Å²) in [5.41, 5.74) is 0.252. The molecule has 6 heteroatoms. The molecule has 1 atom stereocenters. The lowest BCUT2D eigenvalue weighted by atomic mass is 9.99. The number of aromatic nitrogens is 1. The van der Waals surface area contributed by atoms with Crippen LogP contribution in [0.3, 0.4) is 0 Å². The van der Waals surface area contributed by atoms with Crippen molar-refractivity contribution in [2.75, 3.05) is 13.1 Å². The van der Waals surface area contributed by atoms with Crippen molar-refractivity contribution in [2.24, 2.45) is 5.92 Å². The fourth-order valence-electron chi connectivity index (χ4n) is 2.25. The Balaban J connectivity index is 1.89. The van der Waals surface area contributed by atoms with E-state index in [-0.39, 0.29) is 11.6 Å². The minimum atomic E-state index is -0.780. The van der Waals surface area contributed by atoms with E-state index < -0.39 is 12.1 Å². The average Bonchev–Trinajstić information content (AvgIpc) is 2.85. The van der Waals surface area contributed by atoms with E-state index in [9.17, 15) is 9.59 Å². The zero-order valence-corrected chi connectivity index (χ0v) is 12.4. The number of piperidine rings is 1. The summed E-state index contributed by atoms with van der Waals surface area (Å²) in [7, 11) is 0. The second kappa shape index (κ2) is 6.31. The normalized spacial score (nSPS) is 17.9. The second-order valence-corrected chi connectivity index (χ2v) is 5.72. The van der Waals surface area contributed by atoms with Gasteiger partial charge in [-0.3, -0.25) is 4.79 Å². The van der Waals surface area contributed by atoms with Crippen LogP contribution in [0.25, 0.3) is 0 Å². The molecule has 20 heavy (non-hydrogen) atoms. The van der Waals surface area contributed by atoms with Gasteiger partial charge in [-0.1, -0.05) is 18.5 Å². The van der Waals surface area contributed by atoms with E-state index in [4.69, 9.17) is 16.3 Å². The van der Waals surface area contributed by atoms with Gasteiger partial charge in [0, 0.05) is 19.3 Å². The molecule has 110 valence electrons. The van der Waals surface area contributed by atoms with Gasteiger partial charge in [0.25, 0.3) is 5.91 Å². The Morgan fingerprint density at radius 3 is 2.65 bits per heavy atom. The van der Waals surface area contributed by atoms with Gasteiger partial charge in [0.05, 0.1) is 5.02 Å². The molecule has 2 heterocycles. The van der Waals surface area contributed by atoms with Gasteiger partial charge >= 0.3 is 5.97 Å². The van der Waals surface area contributed by atoms with E-state index in [1.54, 1.807) is 11.8 Å². The maximum absolute atomic E-state index is 12.2. The number of carbonyl (C=O) groups excluding carboxylic acids is 2. The summed E-state index contributed by atoms with van der Waals surface area (Å²) >= 11 is 5.72. The number of amides is 1. The first-order valence-electron chi connectivity index (χ1n) is 6.81. The Morgan fingerprint density at radius 2 is 2.10 bits per heavy atom. The average molecular weight is 299 g/mol. The molecular formula is C14H19ClN2O3. The van der Waals surface area contributed by atoms with E-state index in [1.165, 1.54) is 12.3 Å². The fourth-order valence-corrected chi connectivity index (χ4v) is 2.41. The lowest BCUT2D eigenvalue weighted by Crippen LogP contribution is -2.44. The van der Waals surface area contributed by atoms with E-state index in [0.717, 1.165) is 25.9 Å². The Kier molecular flexibility index (Phi) is 4.70. The highest BCUT2D eigenvalue weighted by atomic mass is 35.5. The number of halogens is 1. The second-order valence-electron chi connectivity index (χ2n) is 5.29. The lowest BCUT2D eigenvalue weighted by Gasteiger charge is -2.31. The van der Waals surface area contributed by atoms with Crippen molar-refractivity contribution in [1.29, 1.82) is 0 Å². The smallest absolute Gasteiger partial charge is 0.355 e. The first kappa shape index (κ1) is 14.9. The quantitative estimate of drug-likeness (QED) is 0.872. The van der Waals surface area contributed by atoms with E-state index in [0.29, 0.717) is 10.9 Å². The van der Waals surface area contributed by atoms with Crippen LogP contribution in [0.5, 0.6) is 0 Å². The molecule has 0 aliphatic carbocycles. The first-order valence-corrected chi connectivity index (χ1v) is 7.19. The van der Waals surface area contributed by atoms with Gasteiger partial charge in [-0.05, 0) is 31.7 Å². The zero-order valence-electron chi connectivity index (χ0n) is 11.7. The molecule has 1 aliphatic heterocycles. The highest BCUT2D eigenvalue weighted by molar-refractivity contribution is 6.30. The molecule has 1 amide bonds. The van der Waals surface area contributed by atoms with Crippen LogP contribution in [-0.4, -0.2) is 41.0 Å². The number of nitrogens with one attached hydrogen (secondary N) is 1. The van der Waals surface area contributed by atoms with Crippen molar-refractivity contribution in [1.82, 2.24) is 9.88 Å². The molecule has 1 saturated heterocycles. The molecule has 5 nitrogen and oxygen atoms in total. The number of rotatable bonds is 3. The van der Waals surface area contributed by atoms with Gasteiger partial charge < -0.3 is 14.6 Å². The predicted molar refractivity (Wildman–Crippen MR) is 75.7 cm³/mol. The molecule has 0 aromatic carbocycles. The van der Waals surface area contributed by atoms with Gasteiger partial charge in [0.1, 0.15) is 5.69 Å². The van der Waals surface area contributed by atoms with Crippen LogP contribution in [0.2, 0.25) is 5.02 Å².